The van der Waals surface area contributed by atoms with E-state index < -0.39 is 59.7 Å². The number of carbonyl (C=O) groups excluding carboxylic acids is 5. The number of hydrogen-bond acceptors (Lipinski definition) is 7. The molecular weight excluding hydrogens is 703 g/mol. The molecule has 258 valence electrons. The number of nitrogens with zero attached hydrogens (tertiary/aromatic N) is 2. The van der Waals surface area contributed by atoms with Crippen LogP contribution in [0, 0.1) is 11.8 Å². The number of methoxy groups -OCH3 is 1. The first-order chi connectivity index (χ1) is 25.2. The number of hydrazine groups is 1. The number of amides is 3. The van der Waals surface area contributed by atoms with E-state index in [0.29, 0.717) is 5.75 Å². The van der Waals surface area contributed by atoms with E-state index in [4.69, 9.17) is 32.7 Å². The van der Waals surface area contributed by atoms with Crippen LogP contribution in [0.25, 0.3) is 0 Å². The molecule has 5 aromatic carbocycles. The Labute approximate surface area is 308 Å². The molecule has 3 aliphatic carbocycles. The molecule has 11 heteroatoms. The SMILES string of the molecule is COc1cccc(C(=O)Oc2ccc(C(=O)CN(C(=O)c3ccc(Cl)cc3Cl)N3C(=O)[C@H]4C5c6ccccc6C(c6ccccc65)[C@@H]4C3=O)cc2)c1. The largest absolute Gasteiger partial charge is 0.497 e. The molecule has 9 rings (SSSR count). The molecule has 0 N–H and O–H groups in total. The van der Waals surface area contributed by atoms with Gasteiger partial charge in [-0.3, -0.25) is 19.2 Å². The summed E-state index contributed by atoms with van der Waals surface area (Å²) in [5.74, 6) is -4.89. The van der Waals surface area contributed by atoms with Gasteiger partial charge in [0.25, 0.3) is 17.7 Å². The Morgan fingerprint density at radius 1 is 0.673 bits per heavy atom. The van der Waals surface area contributed by atoms with Crippen LogP contribution in [-0.2, 0) is 9.59 Å². The van der Waals surface area contributed by atoms with Crippen molar-refractivity contribution in [1.29, 1.82) is 0 Å². The molecule has 2 atom stereocenters. The first-order valence-corrected chi connectivity index (χ1v) is 17.2. The van der Waals surface area contributed by atoms with Crippen LogP contribution in [0.3, 0.4) is 0 Å². The lowest BCUT2D eigenvalue weighted by Gasteiger charge is -2.45. The number of hydrogen-bond donors (Lipinski definition) is 0. The van der Waals surface area contributed by atoms with Crippen molar-refractivity contribution in [3.8, 4) is 11.5 Å². The lowest BCUT2D eigenvalue weighted by atomic mass is 9.55. The highest BCUT2D eigenvalue weighted by Gasteiger charge is 2.63. The summed E-state index contributed by atoms with van der Waals surface area (Å²) in [6.45, 7) is -0.660. The van der Waals surface area contributed by atoms with Gasteiger partial charge in [0.15, 0.2) is 5.78 Å². The van der Waals surface area contributed by atoms with Gasteiger partial charge in [0.2, 0.25) is 0 Å². The van der Waals surface area contributed by atoms with Crippen LogP contribution in [-0.4, -0.2) is 53.1 Å². The molecule has 1 fully saturated rings. The second-order valence-corrected chi connectivity index (χ2v) is 13.7. The Balaban J connectivity index is 1.12. The van der Waals surface area contributed by atoms with Crippen molar-refractivity contribution in [3.05, 3.63) is 164 Å². The maximum Gasteiger partial charge on any atom is 0.343 e. The van der Waals surface area contributed by atoms with Gasteiger partial charge in [-0.15, -0.1) is 0 Å². The maximum atomic E-state index is 14.6. The number of rotatable bonds is 8. The van der Waals surface area contributed by atoms with E-state index in [1.54, 1.807) is 24.3 Å². The van der Waals surface area contributed by atoms with Crippen molar-refractivity contribution in [2.75, 3.05) is 13.7 Å². The first kappa shape index (κ1) is 33.4. The number of imide groups is 1. The Bertz CT molecular complexity index is 2210. The highest BCUT2D eigenvalue weighted by molar-refractivity contribution is 6.36. The smallest absolute Gasteiger partial charge is 0.343 e. The van der Waals surface area contributed by atoms with Crippen molar-refractivity contribution in [3.63, 3.8) is 0 Å². The van der Waals surface area contributed by atoms with Crippen molar-refractivity contribution < 1.29 is 33.4 Å². The summed E-state index contributed by atoms with van der Waals surface area (Å²) in [5, 5.41) is 2.02. The van der Waals surface area contributed by atoms with Crippen LogP contribution in [0.1, 0.15) is 65.2 Å². The molecule has 1 heterocycles. The summed E-state index contributed by atoms with van der Waals surface area (Å²) >= 11 is 12.6. The van der Waals surface area contributed by atoms with Crippen molar-refractivity contribution in [2.24, 2.45) is 11.8 Å². The minimum absolute atomic E-state index is 0.00598. The molecule has 1 saturated heterocycles. The average Bonchev–Trinajstić information content (AvgIpc) is 3.43. The Morgan fingerprint density at radius 3 is 1.79 bits per heavy atom. The van der Waals surface area contributed by atoms with E-state index in [1.165, 1.54) is 49.6 Å². The van der Waals surface area contributed by atoms with Crippen LogP contribution < -0.4 is 9.47 Å². The lowest BCUT2D eigenvalue weighted by Crippen LogP contribution is -2.52. The summed E-state index contributed by atoms with van der Waals surface area (Å²) in [4.78, 5) is 70.2. The Hall–Kier alpha value is -5.77. The third-order valence-electron chi connectivity index (χ3n) is 10.0. The van der Waals surface area contributed by atoms with E-state index in [-0.39, 0.29) is 32.5 Å². The normalized spacial score (nSPS) is 19.4. The molecule has 0 unspecified atom stereocenters. The van der Waals surface area contributed by atoms with Gasteiger partial charge in [0.1, 0.15) is 18.0 Å². The van der Waals surface area contributed by atoms with E-state index >= 15 is 0 Å². The van der Waals surface area contributed by atoms with Crippen LogP contribution in [0.15, 0.2) is 115 Å². The minimum atomic E-state index is -0.818. The summed E-state index contributed by atoms with van der Waals surface area (Å²) in [6.07, 6.45) is 0. The fraction of sp³-hybridized carbons (Fsp3) is 0.146. The highest BCUT2D eigenvalue weighted by Crippen LogP contribution is 2.61. The van der Waals surface area contributed by atoms with Crippen molar-refractivity contribution in [2.45, 2.75) is 11.8 Å². The summed E-state index contributed by atoms with van der Waals surface area (Å²) in [7, 11) is 1.49. The molecule has 2 bridgehead atoms. The lowest BCUT2D eigenvalue weighted by molar-refractivity contribution is -0.154. The Morgan fingerprint density at radius 2 is 1.25 bits per heavy atom. The number of Topliss-reactive ketones (excluding diaryl/α,β-unsaturated/α-hetero) is 1. The zero-order valence-corrected chi connectivity index (χ0v) is 29.0. The third-order valence-corrected chi connectivity index (χ3v) is 10.6. The predicted molar refractivity (Wildman–Crippen MR) is 192 cm³/mol. The maximum absolute atomic E-state index is 14.6. The summed E-state index contributed by atoms with van der Waals surface area (Å²) in [5.41, 5.74) is 4.26. The molecule has 9 nitrogen and oxygen atoms in total. The molecule has 5 aromatic rings. The standard InChI is InChI=1S/C41H28Cl2N2O7/c1-51-26-8-6-7-23(19-26)41(50)52-25-16-13-22(14-17-25)33(46)21-44(38(47)31-18-15-24(42)20-32(31)43)45-39(48)36-34-27-9-2-3-10-28(27)35(37(36)40(45)49)30-12-5-4-11-29(30)34/h2-20,34-37H,21H2,1H3/t34?,35?,36-,37-/m0/s1. The third kappa shape index (κ3) is 5.44. The predicted octanol–water partition coefficient (Wildman–Crippen LogP) is 7.35. The molecule has 0 radical (unpaired) electrons. The second-order valence-electron chi connectivity index (χ2n) is 12.8. The fourth-order valence-corrected chi connectivity index (χ4v) is 8.28. The van der Waals surface area contributed by atoms with Gasteiger partial charge in [-0.05, 0) is 82.9 Å². The van der Waals surface area contributed by atoms with E-state index in [2.05, 4.69) is 0 Å². The Kier molecular flexibility index (Phi) is 8.40. The van der Waals surface area contributed by atoms with E-state index in [9.17, 15) is 24.0 Å². The average molecular weight is 732 g/mol. The summed E-state index contributed by atoms with van der Waals surface area (Å²) < 4.78 is 10.7. The number of carbonyl (C=O) groups is 5. The molecular formula is C41H28Cl2N2O7. The zero-order valence-electron chi connectivity index (χ0n) is 27.5. The van der Waals surface area contributed by atoms with E-state index in [0.717, 1.165) is 32.3 Å². The summed E-state index contributed by atoms with van der Waals surface area (Å²) in [6, 6.07) is 32.1. The number of ether oxygens (including phenoxy) is 2. The number of esters is 1. The minimum Gasteiger partial charge on any atom is -0.497 e. The number of benzene rings is 5. The van der Waals surface area contributed by atoms with Crippen LogP contribution >= 0.6 is 23.2 Å². The van der Waals surface area contributed by atoms with Crippen LogP contribution in [0.5, 0.6) is 11.5 Å². The van der Waals surface area contributed by atoms with Crippen molar-refractivity contribution >= 4 is 52.7 Å². The molecule has 4 aliphatic rings. The molecule has 3 amide bonds. The number of halogens is 2. The van der Waals surface area contributed by atoms with Crippen LogP contribution in [0.2, 0.25) is 10.0 Å². The van der Waals surface area contributed by atoms with Crippen molar-refractivity contribution in [1.82, 2.24) is 10.0 Å². The van der Waals surface area contributed by atoms with Gasteiger partial charge in [-0.2, -0.15) is 5.01 Å². The molecule has 0 aromatic heterocycles. The first-order valence-electron chi connectivity index (χ1n) is 16.5. The van der Waals surface area contributed by atoms with Crippen LogP contribution in [0.4, 0.5) is 0 Å². The van der Waals surface area contributed by atoms with Gasteiger partial charge >= 0.3 is 5.97 Å². The highest BCUT2D eigenvalue weighted by atomic mass is 35.5. The van der Waals surface area contributed by atoms with Gasteiger partial charge in [0.05, 0.1) is 35.1 Å². The van der Waals surface area contributed by atoms with E-state index in [1.807, 2.05) is 48.5 Å². The number of ketones is 1. The quantitative estimate of drug-likeness (QED) is 0.0711. The topological polar surface area (TPSA) is 110 Å². The molecule has 0 saturated carbocycles. The zero-order chi connectivity index (χ0) is 36.3. The second kappa shape index (κ2) is 13.1. The monoisotopic (exact) mass is 730 g/mol. The van der Waals surface area contributed by atoms with Gasteiger partial charge < -0.3 is 9.47 Å². The van der Waals surface area contributed by atoms with Gasteiger partial charge in [-0.25, -0.2) is 9.80 Å². The molecule has 1 aliphatic heterocycles. The molecule has 52 heavy (non-hydrogen) atoms. The fourth-order valence-electron chi connectivity index (χ4n) is 7.79. The van der Waals surface area contributed by atoms with Gasteiger partial charge in [0, 0.05) is 22.4 Å². The van der Waals surface area contributed by atoms with Gasteiger partial charge in [-0.1, -0.05) is 77.8 Å². The molecule has 0 spiro atoms.